The van der Waals surface area contributed by atoms with Crippen molar-refractivity contribution in [3.05, 3.63) is 0 Å². The number of likely N-dealkylation sites (tertiary alicyclic amines) is 1. The summed E-state index contributed by atoms with van der Waals surface area (Å²) in [4.78, 5) is 15.0. The summed E-state index contributed by atoms with van der Waals surface area (Å²) in [5.41, 5.74) is 6.32. The Kier molecular flexibility index (Phi) is 3.13. The van der Waals surface area contributed by atoms with E-state index in [4.69, 9.17) is 5.73 Å². The van der Waals surface area contributed by atoms with Gasteiger partial charge in [-0.25, -0.2) is 0 Å². The van der Waals surface area contributed by atoms with E-state index in [2.05, 4.69) is 18.7 Å². The Morgan fingerprint density at radius 1 is 1.06 bits per heavy atom. The van der Waals surface area contributed by atoms with E-state index in [0.717, 1.165) is 12.8 Å². The molecule has 1 amide bonds. The fourth-order valence-corrected chi connectivity index (χ4v) is 4.73. The van der Waals surface area contributed by atoms with Gasteiger partial charge >= 0.3 is 0 Å². The average molecular weight is 250 g/mol. The Balaban J connectivity index is 1.77. The number of amides is 1. The smallest absolute Gasteiger partial charge is 0.228 e. The van der Waals surface area contributed by atoms with Gasteiger partial charge in [-0.2, -0.15) is 0 Å². The van der Waals surface area contributed by atoms with Crippen molar-refractivity contribution >= 4 is 5.91 Å². The van der Waals surface area contributed by atoms with Crippen LogP contribution in [-0.4, -0.2) is 28.9 Å². The summed E-state index contributed by atoms with van der Waals surface area (Å²) < 4.78 is 0. The quantitative estimate of drug-likeness (QED) is 0.775. The number of hydrogen-bond acceptors (Lipinski definition) is 2. The molecular weight excluding hydrogens is 224 g/mol. The topological polar surface area (TPSA) is 46.3 Å². The van der Waals surface area contributed by atoms with Gasteiger partial charge in [-0.05, 0) is 64.2 Å². The van der Waals surface area contributed by atoms with E-state index in [0.29, 0.717) is 29.8 Å². The molecule has 1 aliphatic heterocycles. The van der Waals surface area contributed by atoms with Crippen LogP contribution in [0.1, 0.15) is 52.4 Å². The second kappa shape index (κ2) is 4.52. The first kappa shape index (κ1) is 12.5. The maximum absolute atomic E-state index is 12.9. The lowest BCUT2D eigenvalue weighted by molar-refractivity contribution is -0.144. The van der Waals surface area contributed by atoms with Crippen molar-refractivity contribution in [2.45, 2.75) is 70.5 Å². The molecule has 1 saturated heterocycles. The minimum Gasteiger partial charge on any atom is -0.337 e. The summed E-state index contributed by atoms with van der Waals surface area (Å²) in [7, 11) is 0. The largest absolute Gasteiger partial charge is 0.337 e. The third kappa shape index (κ3) is 1.78. The van der Waals surface area contributed by atoms with E-state index in [-0.39, 0.29) is 12.0 Å². The summed E-state index contributed by atoms with van der Waals surface area (Å²) in [6.45, 7) is 4.40. The highest BCUT2D eigenvalue weighted by Crippen LogP contribution is 2.48. The van der Waals surface area contributed by atoms with E-state index in [9.17, 15) is 4.79 Å². The molecule has 2 aliphatic carbocycles. The van der Waals surface area contributed by atoms with Crippen molar-refractivity contribution < 1.29 is 4.79 Å². The van der Waals surface area contributed by atoms with Gasteiger partial charge in [0.05, 0.1) is 5.92 Å². The van der Waals surface area contributed by atoms with E-state index in [1.807, 2.05) is 0 Å². The first-order chi connectivity index (χ1) is 8.59. The van der Waals surface area contributed by atoms with Crippen molar-refractivity contribution in [3.8, 4) is 0 Å². The minimum absolute atomic E-state index is 0.131. The maximum atomic E-state index is 12.9. The Bertz CT molecular complexity index is 327. The number of rotatable bonds is 1. The number of nitrogens with two attached hydrogens (primary N) is 1. The molecule has 4 unspecified atom stereocenters. The average Bonchev–Trinajstić information content (AvgIpc) is 2.88. The Morgan fingerprint density at radius 2 is 1.67 bits per heavy atom. The zero-order valence-electron chi connectivity index (χ0n) is 11.6. The lowest BCUT2D eigenvalue weighted by atomic mass is 9.82. The fraction of sp³-hybridized carbons (Fsp3) is 0.933. The number of hydrogen-bond donors (Lipinski definition) is 1. The van der Waals surface area contributed by atoms with E-state index in [1.165, 1.54) is 25.7 Å². The predicted molar refractivity (Wildman–Crippen MR) is 71.9 cm³/mol. The summed E-state index contributed by atoms with van der Waals surface area (Å²) >= 11 is 0. The summed E-state index contributed by atoms with van der Waals surface area (Å²) in [6.07, 6.45) is 7.26. The molecule has 3 nitrogen and oxygen atoms in total. The van der Waals surface area contributed by atoms with Gasteiger partial charge in [-0.3, -0.25) is 4.79 Å². The molecule has 18 heavy (non-hydrogen) atoms. The Morgan fingerprint density at radius 3 is 2.22 bits per heavy atom. The first-order valence-electron chi connectivity index (χ1n) is 7.67. The molecule has 0 aromatic rings. The molecule has 3 fully saturated rings. The van der Waals surface area contributed by atoms with Gasteiger partial charge in [-0.15, -0.1) is 0 Å². The van der Waals surface area contributed by atoms with Crippen LogP contribution in [-0.2, 0) is 4.79 Å². The molecule has 2 saturated carbocycles. The van der Waals surface area contributed by atoms with Gasteiger partial charge in [0.15, 0.2) is 0 Å². The third-order valence-corrected chi connectivity index (χ3v) is 5.71. The molecule has 3 aliphatic rings. The SMILES string of the molecule is C[C@@H]1CCC[C@H](C)N1C(=O)C1C2CCC(C2)C1N. The second-order valence-corrected chi connectivity index (χ2v) is 6.81. The highest BCUT2D eigenvalue weighted by atomic mass is 16.2. The van der Waals surface area contributed by atoms with Crippen LogP contribution in [0, 0.1) is 17.8 Å². The molecule has 0 spiro atoms. The minimum atomic E-state index is 0.131. The summed E-state index contributed by atoms with van der Waals surface area (Å²) in [5, 5.41) is 0. The van der Waals surface area contributed by atoms with Crippen molar-refractivity contribution in [3.63, 3.8) is 0 Å². The number of carbonyl (C=O) groups is 1. The Hall–Kier alpha value is -0.570. The lowest BCUT2D eigenvalue weighted by Crippen LogP contribution is -2.54. The molecule has 102 valence electrons. The van der Waals surface area contributed by atoms with Gasteiger partial charge < -0.3 is 10.6 Å². The first-order valence-corrected chi connectivity index (χ1v) is 7.67. The fourth-order valence-electron chi connectivity index (χ4n) is 4.73. The summed E-state index contributed by atoms with van der Waals surface area (Å²) in [6, 6.07) is 0.956. The molecule has 3 rings (SSSR count). The van der Waals surface area contributed by atoms with Crippen molar-refractivity contribution in [1.82, 2.24) is 4.90 Å². The second-order valence-electron chi connectivity index (χ2n) is 6.81. The van der Waals surface area contributed by atoms with Crippen LogP contribution in [0.25, 0.3) is 0 Å². The summed E-state index contributed by atoms with van der Waals surface area (Å²) in [5.74, 6) is 1.71. The number of carbonyl (C=O) groups excluding carboxylic acids is 1. The van der Waals surface area contributed by atoms with Gasteiger partial charge in [-0.1, -0.05) is 0 Å². The van der Waals surface area contributed by atoms with Gasteiger partial charge in [0.1, 0.15) is 0 Å². The standard InChI is InChI=1S/C15H26N2O/c1-9-4-3-5-10(2)17(9)15(18)13-11-6-7-12(8-11)14(13)16/h9-14H,3-8,16H2,1-2H3/t9-,10+,11?,12?,13?,14?. The molecule has 6 atom stereocenters. The van der Waals surface area contributed by atoms with E-state index in [1.54, 1.807) is 0 Å². The van der Waals surface area contributed by atoms with Crippen LogP contribution < -0.4 is 5.73 Å². The zero-order valence-corrected chi connectivity index (χ0v) is 11.6. The molecule has 0 aromatic heterocycles. The molecule has 0 radical (unpaired) electrons. The number of piperidine rings is 1. The molecule has 0 aromatic carbocycles. The highest BCUT2D eigenvalue weighted by molar-refractivity contribution is 5.81. The zero-order chi connectivity index (χ0) is 12.9. The van der Waals surface area contributed by atoms with Crippen LogP contribution in [0.3, 0.4) is 0 Å². The van der Waals surface area contributed by atoms with Crippen molar-refractivity contribution in [1.29, 1.82) is 0 Å². The normalized spacial score (nSPS) is 47.6. The van der Waals surface area contributed by atoms with Gasteiger partial charge in [0.25, 0.3) is 0 Å². The monoisotopic (exact) mass is 250 g/mol. The van der Waals surface area contributed by atoms with Crippen LogP contribution in [0.4, 0.5) is 0 Å². The van der Waals surface area contributed by atoms with Gasteiger partial charge in [0.2, 0.25) is 5.91 Å². The number of fused-ring (bicyclic) bond motifs is 2. The van der Waals surface area contributed by atoms with Crippen molar-refractivity contribution in [2.24, 2.45) is 23.5 Å². The third-order valence-electron chi connectivity index (χ3n) is 5.71. The van der Waals surface area contributed by atoms with Crippen molar-refractivity contribution in [2.75, 3.05) is 0 Å². The molecule has 2 N–H and O–H groups in total. The van der Waals surface area contributed by atoms with E-state index < -0.39 is 0 Å². The van der Waals surface area contributed by atoms with Gasteiger partial charge in [0, 0.05) is 18.1 Å². The highest BCUT2D eigenvalue weighted by Gasteiger charge is 2.51. The van der Waals surface area contributed by atoms with Crippen LogP contribution in [0.5, 0.6) is 0 Å². The molecule has 2 bridgehead atoms. The molecule has 1 heterocycles. The lowest BCUT2D eigenvalue weighted by Gasteiger charge is -2.42. The maximum Gasteiger partial charge on any atom is 0.228 e. The Labute approximate surface area is 110 Å². The molecular formula is C15H26N2O. The predicted octanol–water partition coefficient (Wildman–Crippen LogP) is 2.15. The molecule has 3 heteroatoms. The van der Waals surface area contributed by atoms with Crippen LogP contribution in [0.2, 0.25) is 0 Å². The van der Waals surface area contributed by atoms with Crippen LogP contribution in [0.15, 0.2) is 0 Å². The number of nitrogens with zero attached hydrogens (tertiary/aromatic N) is 1. The van der Waals surface area contributed by atoms with E-state index >= 15 is 0 Å². The van der Waals surface area contributed by atoms with Crippen LogP contribution >= 0.6 is 0 Å².